The van der Waals surface area contributed by atoms with Crippen LogP contribution in [0.25, 0.3) is 0 Å². The number of alkyl halides is 1. The molecule has 0 fully saturated rings. The Morgan fingerprint density at radius 2 is 2.06 bits per heavy atom. The molecule has 0 aliphatic heterocycles. The number of ketones is 1. The van der Waals surface area contributed by atoms with Gasteiger partial charge < -0.3 is 10.2 Å². The minimum atomic E-state index is -1.67. The fraction of sp³-hybridized carbons (Fsp3) is 0.273. The number of aliphatic carboxylic acids is 1. The molecule has 6 heteroatoms. The van der Waals surface area contributed by atoms with E-state index in [1.165, 1.54) is 6.07 Å². The molecule has 0 amide bonds. The lowest BCUT2D eigenvalue weighted by Crippen LogP contribution is -2.16. The number of Topliss-reactive ketones (excluding diaryl/α,β-unsaturated/α-hetero) is 1. The quantitative estimate of drug-likeness (QED) is 0.442. The Balaban J connectivity index is 3.26. The first-order valence-corrected chi connectivity index (χ1v) is 6.97. The fourth-order valence-corrected chi connectivity index (χ4v) is 2.56. The number of hydrogen-bond acceptors (Lipinski definition) is 3. The second-order valence-corrected chi connectivity index (χ2v) is 5.26. The van der Waals surface area contributed by atoms with Gasteiger partial charge >= 0.3 is 5.97 Å². The summed E-state index contributed by atoms with van der Waals surface area (Å²) >= 11 is 5.06. The van der Waals surface area contributed by atoms with Crippen molar-refractivity contribution in [1.82, 2.24) is 0 Å². The van der Waals surface area contributed by atoms with Gasteiger partial charge in [-0.1, -0.05) is 28.1 Å². The number of halogens is 2. The van der Waals surface area contributed by atoms with Gasteiger partial charge in [0.05, 0.1) is 0 Å². The number of benzene rings is 1. The van der Waals surface area contributed by atoms with E-state index in [1.807, 2.05) is 22.6 Å². The summed E-state index contributed by atoms with van der Waals surface area (Å²) < 4.78 is 0.568. The molecule has 1 aromatic carbocycles. The molecule has 1 atom stereocenters. The van der Waals surface area contributed by atoms with Crippen LogP contribution in [0.4, 0.5) is 0 Å². The van der Waals surface area contributed by atoms with Gasteiger partial charge in [0.25, 0.3) is 0 Å². The summed E-state index contributed by atoms with van der Waals surface area (Å²) in [4.78, 5) is 22.6. The van der Waals surface area contributed by atoms with Crippen LogP contribution in [0, 0.1) is 3.57 Å². The maximum absolute atomic E-state index is 11.8. The van der Waals surface area contributed by atoms with E-state index in [1.54, 1.807) is 12.1 Å². The van der Waals surface area contributed by atoms with Crippen LogP contribution in [0.5, 0.6) is 0 Å². The normalized spacial score (nSPS) is 12.2. The van der Waals surface area contributed by atoms with Gasteiger partial charge in [-0.2, -0.15) is 0 Å². The maximum atomic E-state index is 11.8. The van der Waals surface area contributed by atoms with Crippen LogP contribution in [0.15, 0.2) is 18.2 Å². The fourth-order valence-electron chi connectivity index (χ4n) is 1.40. The van der Waals surface area contributed by atoms with Crippen molar-refractivity contribution in [2.75, 3.05) is 5.33 Å². The lowest BCUT2D eigenvalue weighted by molar-refractivity contribution is -0.147. The van der Waals surface area contributed by atoms with E-state index < -0.39 is 12.1 Å². The molecule has 0 saturated heterocycles. The van der Waals surface area contributed by atoms with Gasteiger partial charge in [-0.3, -0.25) is 4.79 Å². The van der Waals surface area contributed by atoms with Gasteiger partial charge in [0.15, 0.2) is 11.9 Å². The zero-order chi connectivity index (χ0) is 13.0. The Bertz CT molecular complexity index is 447. The highest BCUT2D eigenvalue weighted by molar-refractivity contribution is 14.1. The summed E-state index contributed by atoms with van der Waals surface area (Å²) in [5.41, 5.74) is 0.442. The molecule has 0 aliphatic carbocycles. The highest BCUT2D eigenvalue weighted by atomic mass is 127. The summed E-state index contributed by atoms with van der Waals surface area (Å²) in [6.45, 7) is 0. The molecule has 1 rings (SSSR count). The molecule has 0 aromatic heterocycles. The molecule has 0 aliphatic rings. The molecule has 17 heavy (non-hydrogen) atoms. The zero-order valence-corrected chi connectivity index (χ0v) is 12.4. The van der Waals surface area contributed by atoms with Crippen molar-refractivity contribution in [3.63, 3.8) is 0 Å². The van der Waals surface area contributed by atoms with Gasteiger partial charge in [0.1, 0.15) is 0 Å². The van der Waals surface area contributed by atoms with Gasteiger partial charge in [0.2, 0.25) is 0 Å². The summed E-state index contributed by atoms with van der Waals surface area (Å²) in [6.07, 6.45) is -1.41. The van der Waals surface area contributed by atoms with Crippen molar-refractivity contribution in [2.24, 2.45) is 0 Å². The van der Waals surface area contributed by atoms with Crippen molar-refractivity contribution in [3.05, 3.63) is 32.9 Å². The third-order valence-electron chi connectivity index (χ3n) is 2.18. The highest BCUT2D eigenvalue weighted by Crippen LogP contribution is 2.25. The molecule has 1 aromatic rings. The molecular weight excluding hydrogens is 403 g/mol. The second kappa shape index (κ2) is 6.46. The van der Waals surface area contributed by atoms with Crippen LogP contribution in [-0.4, -0.2) is 27.3 Å². The van der Waals surface area contributed by atoms with Crippen LogP contribution in [-0.2, 0) is 4.79 Å². The lowest BCUT2D eigenvalue weighted by Gasteiger charge is -2.13. The molecular formula is C11H10BrIO4. The summed E-state index contributed by atoms with van der Waals surface area (Å²) in [6, 6.07) is 4.86. The van der Waals surface area contributed by atoms with E-state index in [4.69, 9.17) is 5.11 Å². The average molecular weight is 413 g/mol. The van der Waals surface area contributed by atoms with E-state index in [0.717, 1.165) is 0 Å². The number of carboxylic acids is 1. The minimum absolute atomic E-state index is 0.173. The van der Waals surface area contributed by atoms with Gasteiger partial charge in [-0.25, -0.2) is 4.79 Å². The van der Waals surface area contributed by atoms with Gasteiger partial charge in [0, 0.05) is 26.4 Å². The topological polar surface area (TPSA) is 74.6 Å². The van der Waals surface area contributed by atoms with Crippen molar-refractivity contribution in [2.45, 2.75) is 12.5 Å². The second-order valence-electron chi connectivity index (χ2n) is 3.30. The minimum Gasteiger partial charge on any atom is -0.479 e. The van der Waals surface area contributed by atoms with Crippen molar-refractivity contribution < 1.29 is 19.8 Å². The summed E-state index contributed by atoms with van der Waals surface area (Å²) in [7, 11) is 0. The van der Waals surface area contributed by atoms with Gasteiger partial charge in [-0.15, -0.1) is 0 Å². The number of aliphatic hydroxyl groups is 1. The van der Waals surface area contributed by atoms with Crippen LogP contribution in [0.2, 0.25) is 0 Å². The number of aliphatic hydroxyl groups excluding tert-OH is 1. The van der Waals surface area contributed by atoms with Crippen LogP contribution >= 0.6 is 38.5 Å². The Kier molecular flexibility index (Phi) is 5.54. The van der Waals surface area contributed by atoms with E-state index in [9.17, 15) is 14.7 Å². The molecule has 0 spiro atoms. The number of rotatable bonds is 5. The standard InChI is InChI=1S/C11H10BrIO4/c12-5-4-8(14)6-2-1-3-7(13)9(6)10(15)11(16)17/h1-3,10,15H,4-5H2,(H,16,17). The average Bonchev–Trinajstić information content (AvgIpc) is 2.28. The first-order valence-electron chi connectivity index (χ1n) is 4.77. The molecule has 0 bridgehead atoms. The summed E-state index contributed by atoms with van der Waals surface area (Å²) in [5.74, 6) is -1.54. The third kappa shape index (κ3) is 3.49. The molecule has 0 radical (unpaired) electrons. The highest BCUT2D eigenvalue weighted by Gasteiger charge is 2.24. The molecule has 1 unspecified atom stereocenters. The molecule has 4 nitrogen and oxygen atoms in total. The Labute approximate surface area is 120 Å². The summed E-state index contributed by atoms with van der Waals surface area (Å²) in [5, 5.41) is 18.9. The van der Waals surface area contributed by atoms with Crippen molar-refractivity contribution in [3.8, 4) is 0 Å². The molecule has 0 heterocycles. The first kappa shape index (κ1) is 14.6. The maximum Gasteiger partial charge on any atom is 0.337 e. The Hall–Kier alpha value is -0.470. The molecule has 92 valence electrons. The predicted octanol–water partition coefficient (Wildman–Crippen LogP) is 2.38. The molecule has 0 saturated carbocycles. The van der Waals surface area contributed by atoms with Crippen molar-refractivity contribution >= 4 is 50.3 Å². The van der Waals surface area contributed by atoms with E-state index >= 15 is 0 Å². The number of carboxylic acid groups (broad SMARTS) is 1. The number of carbonyl (C=O) groups is 2. The van der Waals surface area contributed by atoms with Crippen LogP contribution in [0.1, 0.15) is 28.4 Å². The first-order chi connectivity index (χ1) is 7.99. The monoisotopic (exact) mass is 412 g/mol. The van der Waals surface area contributed by atoms with Crippen LogP contribution in [0.3, 0.4) is 0 Å². The number of hydrogen-bond donors (Lipinski definition) is 2. The van der Waals surface area contributed by atoms with Crippen LogP contribution < -0.4 is 0 Å². The van der Waals surface area contributed by atoms with Crippen molar-refractivity contribution in [1.29, 1.82) is 0 Å². The zero-order valence-electron chi connectivity index (χ0n) is 8.69. The lowest BCUT2D eigenvalue weighted by atomic mass is 9.98. The largest absolute Gasteiger partial charge is 0.479 e. The Morgan fingerprint density at radius 1 is 1.41 bits per heavy atom. The number of carbonyl (C=O) groups excluding carboxylic acids is 1. The SMILES string of the molecule is O=C(CCBr)c1cccc(I)c1C(O)C(=O)O. The third-order valence-corrected chi connectivity index (χ3v) is 3.52. The van der Waals surface area contributed by atoms with E-state index in [2.05, 4.69) is 15.9 Å². The smallest absolute Gasteiger partial charge is 0.337 e. The van der Waals surface area contributed by atoms with Gasteiger partial charge in [-0.05, 0) is 28.7 Å². The van der Waals surface area contributed by atoms with E-state index in [0.29, 0.717) is 8.90 Å². The predicted molar refractivity (Wildman–Crippen MR) is 74.5 cm³/mol. The molecule has 2 N–H and O–H groups in total. The van der Waals surface area contributed by atoms with E-state index in [-0.39, 0.29) is 23.3 Å². The Morgan fingerprint density at radius 3 is 2.59 bits per heavy atom.